The van der Waals surface area contributed by atoms with Crippen LogP contribution in [0.2, 0.25) is 0 Å². The number of nitro groups is 2. The maximum absolute atomic E-state index is 10.8. The van der Waals surface area contributed by atoms with Gasteiger partial charge in [-0.05, 0) is 19.2 Å². The highest BCUT2D eigenvalue weighted by atomic mass is 16.6. The first-order valence-corrected chi connectivity index (χ1v) is 15.9. The number of anilines is 1. The number of likely N-dealkylation sites (N-methyl/N-ethyl adjacent to an activating group) is 4. The highest BCUT2D eigenvalue weighted by molar-refractivity contribution is 6.01. The number of carbonyl (C=O) groups excluding carboxylic acids is 6. The van der Waals surface area contributed by atoms with Gasteiger partial charge in [-0.1, -0.05) is 54.6 Å². The predicted octanol–water partition coefficient (Wildman–Crippen LogP) is 2.73. The van der Waals surface area contributed by atoms with Crippen molar-refractivity contribution in [2.24, 2.45) is 4.99 Å². The van der Waals surface area contributed by atoms with Gasteiger partial charge in [-0.25, -0.2) is 19.4 Å². The highest BCUT2D eigenvalue weighted by Crippen LogP contribution is 2.07. The van der Waals surface area contributed by atoms with E-state index in [2.05, 4.69) is 25.1 Å². The van der Waals surface area contributed by atoms with E-state index in [1.54, 1.807) is 50.5 Å². The van der Waals surface area contributed by atoms with Crippen LogP contribution in [0.1, 0.15) is 0 Å². The number of nitrogens with one attached hydrogen (secondary N) is 2. The lowest BCUT2D eigenvalue weighted by Gasteiger charge is -2.13. The minimum Gasteiger partial charge on any atom is -0.468 e. The summed E-state index contributed by atoms with van der Waals surface area (Å²) in [6.07, 6.45) is 1.31. The molecule has 5 amide bonds. The number of nitrogens with two attached hydrogens (primary N) is 1. The lowest BCUT2D eigenvalue weighted by Crippen LogP contribution is -2.38. The summed E-state index contributed by atoms with van der Waals surface area (Å²) in [7, 11) is 11.8. The number of para-hydroxylation sites is 3. The fourth-order valence-electron chi connectivity index (χ4n) is 3.03. The van der Waals surface area contributed by atoms with Gasteiger partial charge >= 0.3 is 24.0 Å². The van der Waals surface area contributed by atoms with Gasteiger partial charge in [0.15, 0.2) is 0 Å². The van der Waals surface area contributed by atoms with Crippen LogP contribution in [0.4, 0.5) is 26.7 Å². The van der Waals surface area contributed by atoms with Crippen molar-refractivity contribution in [2.75, 3.05) is 81.9 Å². The number of isocyanates is 1. The molecule has 0 bridgehead atoms. The SMILES string of the molecule is CN1CC(=O)N(C)C1=O.CN=C=O.CNC(=O)N(C)CC(=O)OC.CNCC(=O)OC.Nc1ccccc1.O=[N+]([O-])c1ccccc1.O=[N+]([O-])c1ccccc1. The number of carbonyl (C=O) groups is 5. The van der Waals surface area contributed by atoms with Crippen LogP contribution >= 0.6 is 0 Å². The van der Waals surface area contributed by atoms with Crippen molar-refractivity contribution in [1.29, 1.82) is 0 Å². The summed E-state index contributed by atoms with van der Waals surface area (Å²) in [4.78, 5) is 87.6. The summed E-state index contributed by atoms with van der Waals surface area (Å²) in [6, 6.07) is 24.8. The molecule has 1 heterocycles. The number of amides is 5. The monoisotopic (exact) mass is 787 g/mol. The lowest BCUT2D eigenvalue weighted by molar-refractivity contribution is -0.385. The van der Waals surface area contributed by atoms with Crippen molar-refractivity contribution >= 4 is 53.1 Å². The third-order valence-corrected chi connectivity index (χ3v) is 5.89. The first-order valence-electron chi connectivity index (χ1n) is 15.9. The predicted molar refractivity (Wildman–Crippen MR) is 207 cm³/mol. The molecule has 4 rings (SSSR count). The van der Waals surface area contributed by atoms with Crippen molar-refractivity contribution in [1.82, 2.24) is 25.3 Å². The Morgan fingerprint density at radius 2 is 1.23 bits per heavy atom. The van der Waals surface area contributed by atoms with Gasteiger partial charge < -0.3 is 35.6 Å². The molecule has 0 aliphatic carbocycles. The molecular weight excluding hydrogens is 738 g/mol. The zero-order chi connectivity index (χ0) is 43.5. The number of non-ortho nitro benzene ring substituents is 2. The molecule has 3 aromatic rings. The van der Waals surface area contributed by atoms with E-state index in [9.17, 15) is 44.2 Å². The molecule has 1 aliphatic heterocycles. The standard InChI is InChI=1S/C6H12N2O3.2C6H5NO2.C6H7N.C5H8N2O2.C4H9NO2.C2H3NO/c1-7-6(10)8(2)4-5(9)11-3;2*8-7(9)6-4-2-1-3-5-6;7-6-4-2-1-3-5-6;1-6-3-4(8)7(2)5(6)9;1-5-3-4(6)7-2;1-3-2-4/h4H2,1-3H3,(H,7,10);2*1-5H;1-5H,7H2;3H2,1-2H3;5H,3H2,1-2H3;1H3. The number of rotatable bonds is 6. The van der Waals surface area contributed by atoms with E-state index >= 15 is 0 Å². The number of aliphatic imine (C=N–C) groups is 1. The molecule has 0 unspecified atom stereocenters. The fraction of sp³-hybridized carbons (Fsp3) is 0.314. The maximum Gasteiger partial charge on any atom is 0.326 e. The average molecular weight is 788 g/mol. The van der Waals surface area contributed by atoms with Gasteiger partial charge in [0.1, 0.15) is 13.1 Å². The number of nitro benzene ring substituents is 2. The molecule has 0 spiro atoms. The van der Waals surface area contributed by atoms with Crippen molar-refractivity contribution in [3.05, 3.63) is 111 Å². The van der Waals surface area contributed by atoms with Crippen molar-refractivity contribution in [3.63, 3.8) is 0 Å². The molecule has 56 heavy (non-hydrogen) atoms. The number of ether oxygens (including phenoxy) is 2. The Labute approximate surface area is 324 Å². The van der Waals surface area contributed by atoms with Gasteiger partial charge in [0, 0.05) is 65.2 Å². The Morgan fingerprint density at radius 1 is 0.839 bits per heavy atom. The van der Waals surface area contributed by atoms with E-state index in [-0.39, 0.29) is 54.9 Å². The maximum atomic E-state index is 10.8. The van der Waals surface area contributed by atoms with Gasteiger partial charge in [0.2, 0.25) is 12.0 Å². The van der Waals surface area contributed by atoms with E-state index in [0.717, 1.165) is 10.6 Å². The summed E-state index contributed by atoms with van der Waals surface area (Å²) < 4.78 is 8.64. The third-order valence-electron chi connectivity index (χ3n) is 5.89. The number of imide groups is 1. The Morgan fingerprint density at radius 3 is 1.41 bits per heavy atom. The van der Waals surface area contributed by atoms with Gasteiger partial charge in [-0.2, -0.15) is 0 Å². The van der Waals surface area contributed by atoms with Crippen LogP contribution in [-0.4, -0.2) is 137 Å². The molecule has 1 saturated heterocycles. The summed E-state index contributed by atoms with van der Waals surface area (Å²) >= 11 is 0. The molecular formula is C35H49N9O12. The number of hydrogen-bond acceptors (Lipinski definition) is 15. The van der Waals surface area contributed by atoms with E-state index in [1.807, 2.05) is 30.3 Å². The van der Waals surface area contributed by atoms with E-state index in [1.165, 1.54) is 82.6 Å². The van der Waals surface area contributed by atoms with Crippen LogP contribution in [-0.2, 0) is 28.7 Å². The van der Waals surface area contributed by atoms with Gasteiger partial charge in [-0.3, -0.25) is 39.5 Å². The molecule has 0 atom stereocenters. The summed E-state index contributed by atoms with van der Waals surface area (Å²) in [5.74, 6) is -0.805. The molecule has 3 aromatic carbocycles. The number of hydrogen-bond donors (Lipinski definition) is 3. The lowest BCUT2D eigenvalue weighted by atomic mass is 10.3. The Hall–Kier alpha value is -7.25. The minimum atomic E-state index is -0.434. The quantitative estimate of drug-likeness (QED) is 0.0616. The molecule has 21 heteroatoms. The number of esters is 2. The van der Waals surface area contributed by atoms with Gasteiger partial charge in [0.25, 0.3) is 11.4 Å². The average Bonchev–Trinajstić information content (AvgIpc) is 3.43. The second-order valence-electron chi connectivity index (χ2n) is 10.1. The number of nitrogen functional groups attached to an aromatic ring is 1. The third kappa shape index (κ3) is 28.3. The zero-order valence-corrected chi connectivity index (χ0v) is 32.4. The van der Waals surface area contributed by atoms with Crippen LogP contribution in [0.5, 0.6) is 0 Å². The van der Waals surface area contributed by atoms with Crippen LogP contribution in [0.25, 0.3) is 0 Å². The first kappa shape index (κ1) is 53.1. The number of benzene rings is 3. The molecule has 1 aliphatic rings. The van der Waals surface area contributed by atoms with Gasteiger partial charge in [0.05, 0.1) is 30.6 Å². The van der Waals surface area contributed by atoms with Crippen molar-refractivity contribution in [3.8, 4) is 0 Å². The van der Waals surface area contributed by atoms with E-state index < -0.39 is 15.8 Å². The molecule has 1 fully saturated rings. The summed E-state index contributed by atoms with van der Waals surface area (Å²) in [5, 5.41) is 25.0. The second kappa shape index (κ2) is 33.6. The van der Waals surface area contributed by atoms with Crippen LogP contribution in [0.15, 0.2) is 96.0 Å². The van der Waals surface area contributed by atoms with E-state index in [4.69, 9.17) is 10.5 Å². The van der Waals surface area contributed by atoms with Crippen LogP contribution < -0.4 is 16.4 Å². The second-order valence-corrected chi connectivity index (χ2v) is 10.1. The fourth-order valence-corrected chi connectivity index (χ4v) is 3.03. The van der Waals surface area contributed by atoms with Gasteiger partial charge in [-0.15, -0.1) is 0 Å². The van der Waals surface area contributed by atoms with Crippen LogP contribution in [0, 0.1) is 20.2 Å². The Bertz CT molecular complexity index is 1600. The molecule has 0 radical (unpaired) electrons. The minimum absolute atomic E-state index is 0.0316. The summed E-state index contributed by atoms with van der Waals surface area (Å²) in [6.45, 7) is 0.474. The first-order chi connectivity index (χ1) is 26.5. The highest BCUT2D eigenvalue weighted by Gasteiger charge is 2.29. The van der Waals surface area contributed by atoms with Crippen LogP contribution in [0.3, 0.4) is 0 Å². The Kier molecular flexibility index (Phi) is 31.8. The molecule has 306 valence electrons. The summed E-state index contributed by atoms with van der Waals surface area (Å²) in [5.41, 5.74) is 6.45. The number of methoxy groups -OCH3 is 2. The molecule has 0 aromatic heterocycles. The smallest absolute Gasteiger partial charge is 0.326 e. The topological polar surface area (TPSA) is 279 Å². The largest absolute Gasteiger partial charge is 0.468 e. The zero-order valence-electron chi connectivity index (χ0n) is 32.4. The Balaban J connectivity index is -0.000000593. The molecule has 4 N–H and O–H groups in total. The number of urea groups is 2. The van der Waals surface area contributed by atoms with E-state index in [0.29, 0.717) is 0 Å². The van der Waals surface area contributed by atoms with Crippen molar-refractivity contribution in [2.45, 2.75) is 0 Å². The molecule has 21 nitrogen and oxygen atoms in total. The normalized spacial score (nSPS) is 10.1. The molecule has 0 saturated carbocycles. The van der Waals surface area contributed by atoms with Crippen molar-refractivity contribution < 1.29 is 48.1 Å². The number of nitrogens with zero attached hydrogens (tertiary/aromatic N) is 6.